The molecule has 0 aromatic rings. The molecule has 102 valence electrons. The summed E-state index contributed by atoms with van der Waals surface area (Å²) in [5.74, 6) is 0.476. The second-order valence-corrected chi connectivity index (χ2v) is 5.41. The number of piperidine rings is 1. The first-order valence-corrected chi connectivity index (χ1v) is 7.31. The molecule has 1 heterocycles. The number of amides is 2. The van der Waals surface area contributed by atoms with Crippen LogP contribution in [0.5, 0.6) is 0 Å². The van der Waals surface area contributed by atoms with Gasteiger partial charge < -0.3 is 10.2 Å². The summed E-state index contributed by atoms with van der Waals surface area (Å²) in [7, 11) is 0. The number of carbonyl (C=O) groups excluding carboxylic acids is 2. The Balaban J connectivity index is 2.06. The highest BCUT2D eigenvalue weighted by Gasteiger charge is 2.37. The minimum atomic E-state index is 0.0144. The zero-order valence-electron chi connectivity index (χ0n) is 11.3. The lowest BCUT2D eigenvalue weighted by atomic mass is 9.79. The van der Waals surface area contributed by atoms with Crippen LogP contribution in [0.2, 0.25) is 0 Å². The molecule has 2 unspecified atom stereocenters. The Kier molecular flexibility index (Phi) is 4.61. The van der Waals surface area contributed by atoms with Crippen LogP contribution in [-0.4, -0.2) is 35.8 Å². The Morgan fingerprint density at radius 2 is 2.06 bits per heavy atom. The molecule has 18 heavy (non-hydrogen) atoms. The van der Waals surface area contributed by atoms with Crippen molar-refractivity contribution in [2.45, 2.75) is 57.9 Å². The van der Waals surface area contributed by atoms with Gasteiger partial charge in [-0.25, -0.2) is 4.79 Å². The summed E-state index contributed by atoms with van der Waals surface area (Å²) >= 11 is 0. The van der Waals surface area contributed by atoms with E-state index in [1.54, 1.807) is 0 Å². The molecule has 2 atom stereocenters. The number of hydrogen-bond donors (Lipinski definition) is 1. The SMILES string of the molecule is CCNC(=O)N1CCCCC1C1CCCCC1=O. The Morgan fingerprint density at radius 1 is 1.28 bits per heavy atom. The van der Waals surface area contributed by atoms with Crippen molar-refractivity contribution in [2.24, 2.45) is 5.92 Å². The molecule has 0 aromatic carbocycles. The summed E-state index contributed by atoms with van der Waals surface area (Å²) in [6.07, 6.45) is 7.05. The highest BCUT2D eigenvalue weighted by atomic mass is 16.2. The van der Waals surface area contributed by atoms with Gasteiger partial charge in [-0.05, 0) is 39.0 Å². The Hall–Kier alpha value is -1.06. The van der Waals surface area contributed by atoms with Gasteiger partial charge in [0.2, 0.25) is 0 Å². The maximum Gasteiger partial charge on any atom is 0.317 e. The predicted octanol–water partition coefficient (Wildman–Crippen LogP) is 2.33. The summed E-state index contributed by atoms with van der Waals surface area (Å²) in [6.45, 7) is 3.39. The Morgan fingerprint density at radius 3 is 2.78 bits per heavy atom. The molecule has 4 heteroatoms. The highest BCUT2D eigenvalue weighted by molar-refractivity contribution is 5.83. The molecule has 1 aliphatic heterocycles. The topological polar surface area (TPSA) is 49.4 Å². The molecule has 2 aliphatic rings. The van der Waals surface area contributed by atoms with E-state index in [-0.39, 0.29) is 18.0 Å². The second-order valence-electron chi connectivity index (χ2n) is 5.41. The minimum absolute atomic E-state index is 0.0144. The van der Waals surface area contributed by atoms with Crippen LogP contribution in [-0.2, 0) is 4.79 Å². The zero-order chi connectivity index (χ0) is 13.0. The number of ketones is 1. The van der Waals surface area contributed by atoms with Gasteiger partial charge in [0, 0.05) is 31.5 Å². The van der Waals surface area contributed by atoms with Gasteiger partial charge in [-0.1, -0.05) is 6.42 Å². The molecule has 0 spiro atoms. The minimum Gasteiger partial charge on any atom is -0.338 e. The molecular formula is C14H24N2O2. The third-order valence-corrected chi connectivity index (χ3v) is 4.20. The smallest absolute Gasteiger partial charge is 0.317 e. The number of likely N-dealkylation sites (tertiary alicyclic amines) is 1. The molecule has 1 aliphatic carbocycles. The first-order valence-electron chi connectivity index (χ1n) is 7.31. The van der Waals surface area contributed by atoms with Gasteiger partial charge in [0.15, 0.2) is 0 Å². The summed E-state index contributed by atoms with van der Waals surface area (Å²) in [4.78, 5) is 26.0. The third-order valence-electron chi connectivity index (χ3n) is 4.20. The van der Waals surface area contributed by atoms with Crippen molar-refractivity contribution >= 4 is 11.8 Å². The van der Waals surface area contributed by atoms with E-state index in [1.807, 2.05) is 11.8 Å². The van der Waals surface area contributed by atoms with Crippen LogP contribution >= 0.6 is 0 Å². The molecule has 0 radical (unpaired) electrons. The number of nitrogens with one attached hydrogen (secondary N) is 1. The van der Waals surface area contributed by atoms with Gasteiger partial charge in [-0.3, -0.25) is 4.79 Å². The predicted molar refractivity (Wildman–Crippen MR) is 70.4 cm³/mol. The van der Waals surface area contributed by atoms with Crippen LogP contribution in [0.25, 0.3) is 0 Å². The average Bonchev–Trinajstić information content (AvgIpc) is 2.40. The standard InChI is InChI=1S/C14H24N2O2/c1-2-15-14(18)16-10-6-5-8-12(16)11-7-3-4-9-13(11)17/h11-12H,2-10H2,1H3,(H,15,18). The van der Waals surface area contributed by atoms with Crippen molar-refractivity contribution in [3.63, 3.8) is 0 Å². The maximum atomic E-state index is 12.1. The quantitative estimate of drug-likeness (QED) is 0.820. The van der Waals surface area contributed by atoms with Gasteiger partial charge >= 0.3 is 6.03 Å². The second kappa shape index (κ2) is 6.21. The zero-order valence-corrected chi connectivity index (χ0v) is 11.3. The Bertz CT molecular complexity index is 317. The lowest BCUT2D eigenvalue weighted by molar-refractivity contribution is -0.127. The number of Topliss-reactive ketones (excluding diaryl/α,β-unsaturated/α-hetero) is 1. The molecular weight excluding hydrogens is 228 g/mol. The number of rotatable bonds is 2. The molecule has 4 nitrogen and oxygen atoms in total. The molecule has 2 fully saturated rings. The van der Waals surface area contributed by atoms with Crippen molar-refractivity contribution in [3.8, 4) is 0 Å². The summed E-state index contributed by atoms with van der Waals surface area (Å²) < 4.78 is 0. The highest BCUT2D eigenvalue weighted by Crippen LogP contribution is 2.31. The first-order chi connectivity index (χ1) is 8.74. The van der Waals surface area contributed by atoms with Gasteiger partial charge in [-0.15, -0.1) is 0 Å². The van der Waals surface area contributed by atoms with Crippen LogP contribution in [0.4, 0.5) is 4.79 Å². The monoisotopic (exact) mass is 252 g/mol. The van der Waals surface area contributed by atoms with Crippen molar-refractivity contribution in [3.05, 3.63) is 0 Å². The summed E-state index contributed by atoms with van der Waals surface area (Å²) in [5.41, 5.74) is 0. The molecule has 0 bridgehead atoms. The van der Waals surface area contributed by atoms with E-state index in [0.717, 1.165) is 45.1 Å². The van der Waals surface area contributed by atoms with E-state index in [1.165, 1.54) is 0 Å². The van der Waals surface area contributed by atoms with Crippen molar-refractivity contribution < 1.29 is 9.59 Å². The number of nitrogens with zero attached hydrogens (tertiary/aromatic N) is 1. The first kappa shape index (κ1) is 13.4. The van der Waals surface area contributed by atoms with Gasteiger partial charge in [0.05, 0.1) is 0 Å². The largest absolute Gasteiger partial charge is 0.338 e. The Labute approximate surface area is 109 Å². The van der Waals surface area contributed by atoms with E-state index in [0.29, 0.717) is 18.7 Å². The van der Waals surface area contributed by atoms with Crippen molar-refractivity contribution in [2.75, 3.05) is 13.1 Å². The molecule has 0 aromatic heterocycles. The van der Waals surface area contributed by atoms with E-state index in [4.69, 9.17) is 0 Å². The van der Waals surface area contributed by atoms with E-state index in [9.17, 15) is 9.59 Å². The van der Waals surface area contributed by atoms with Gasteiger partial charge in [-0.2, -0.15) is 0 Å². The fraction of sp³-hybridized carbons (Fsp3) is 0.857. The third kappa shape index (κ3) is 2.85. The lowest BCUT2D eigenvalue weighted by Crippen LogP contribution is -2.53. The lowest BCUT2D eigenvalue weighted by Gasteiger charge is -2.41. The van der Waals surface area contributed by atoms with E-state index >= 15 is 0 Å². The fourth-order valence-electron chi connectivity index (χ4n) is 3.30. The fourth-order valence-corrected chi connectivity index (χ4v) is 3.30. The average molecular weight is 252 g/mol. The van der Waals surface area contributed by atoms with E-state index < -0.39 is 0 Å². The van der Waals surface area contributed by atoms with Crippen molar-refractivity contribution in [1.29, 1.82) is 0 Å². The summed E-state index contributed by atoms with van der Waals surface area (Å²) in [5, 5.41) is 2.87. The summed E-state index contributed by atoms with van der Waals surface area (Å²) in [6, 6.07) is 0.165. The maximum absolute atomic E-state index is 12.1. The molecule has 2 rings (SSSR count). The molecule has 2 amide bonds. The van der Waals surface area contributed by atoms with Crippen LogP contribution in [0.15, 0.2) is 0 Å². The van der Waals surface area contributed by atoms with Crippen LogP contribution < -0.4 is 5.32 Å². The van der Waals surface area contributed by atoms with Gasteiger partial charge in [0.25, 0.3) is 0 Å². The van der Waals surface area contributed by atoms with Crippen molar-refractivity contribution in [1.82, 2.24) is 10.2 Å². The van der Waals surface area contributed by atoms with E-state index in [2.05, 4.69) is 5.32 Å². The molecule has 1 saturated heterocycles. The van der Waals surface area contributed by atoms with Crippen LogP contribution in [0.1, 0.15) is 51.9 Å². The normalized spacial score (nSPS) is 29.2. The number of urea groups is 1. The molecule has 1 N–H and O–H groups in total. The van der Waals surface area contributed by atoms with Crippen LogP contribution in [0.3, 0.4) is 0 Å². The molecule has 1 saturated carbocycles. The van der Waals surface area contributed by atoms with Crippen LogP contribution in [0, 0.1) is 5.92 Å². The van der Waals surface area contributed by atoms with Gasteiger partial charge in [0.1, 0.15) is 5.78 Å². The number of hydrogen-bond acceptors (Lipinski definition) is 2. The number of carbonyl (C=O) groups is 2.